The highest BCUT2D eigenvalue weighted by Crippen LogP contribution is 2.22. The third-order valence-electron chi connectivity index (χ3n) is 3.87. The number of carbonyl (C=O) groups excluding carboxylic acids is 1. The molecule has 6 heteroatoms. The standard InChI is InChI=1S/C15H17FN4O/c16-12-4-1-10(2-5-12)7-8-17-15(21)11-3-6-13-14(9-11)19-20-18-13/h1-2,4-5,11H,3,6-9H2,(H,17,21)(H,18,19,20). The SMILES string of the molecule is O=C(NCCc1ccc(F)cc1)C1CCc2n[nH]nc2C1. The molecule has 3 rings (SSSR count). The third kappa shape index (κ3) is 3.26. The van der Waals surface area contributed by atoms with Crippen LogP contribution in [0, 0.1) is 11.7 Å². The Morgan fingerprint density at radius 3 is 2.86 bits per heavy atom. The van der Waals surface area contributed by atoms with Gasteiger partial charge in [-0.2, -0.15) is 15.4 Å². The first kappa shape index (κ1) is 13.7. The summed E-state index contributed by atoms with van der Waals surface area (Å²) in [5, 5.41) is 13.7. The molecule has 0 fully saturated rings. The molecule has 110 valence electrons. The van der Waals surface area contributed by atoms with Crippen LogP contribution in [-0.2, 0) is 24.1 Å². The van der Waals surface area contributed by atoms with Crippen molar-refractivity contribution in [3.63, 3.8) is 0 Å². The minimum absolute atomic E-state index is 0.0317. The second kappa shape index (κ2) is 6.03. The Morgan fingerprint density at radius 1 is 1.29 bits per heavy atom. The second-order valence-corrected chi connectivity index (χ2v) is 5.32. The number of nitrogens with zero attached hydrogens (tertiary/aromatic N) is 2. The van der Waals surface area contributed by atoms with Crippen LogP contribution < -0.4 is 5.32 Å². The van der Waals surface area contributed by atoms with Gasteiger partial charge in [-0.15, -0.1) is 0 Å². The van der Waals surface area contributed by atoms with Gasteiger partial charge in [-0.1, -0.05) is 12.1 Å². The molecule has 1 aliphatic carbocycles. The fraction of sp³-hybridized carbons (Fsp3) is 0.400. The molecule has 0 spiro atoms. The molecule has 0 aliphatic heterocycles. The summed E-state index contributed by atoms with van der Waals surface area (Å²) in [7, 11) is 0. The number of aryl methyl sites for hydroxylation is 1. The summed E-state index contributed by atoms with van der Waals surface area (Å²) in [5.74, 6) is -0.213. The van der Waals surface area contributed by atoms with Gasteiger partial charge in [0.2, 0.25) is 5.91 Å². The van der Waals surface area contributed by atoms with Crippen molar-refractivity contribution in [1.82, 2.24) is 20.7 Å². The van der Waals surface area contributed by atoms with Gasteiger partial charge in [-0.05, 0) is 37.0 Å². The number of halogens is 1. The van der Waals surface area contributed by atoms with Gasteiger partial charge in [0.1, 0.15) is 5.82 Å². The van der Waals surface area contributed by atoms with Crippen LogP contribution in [0.25, 0.3) is 0 Å². The molecule has 1 amide bonds. The molecule has 0 saturated heterocycles. The molecule has 1 aromatic carbocycles. The summed E-state index contributed by atoms with van der Waals surface area (Å²) in [6, 6.07) is 6.35. The average Bonchev–Trinajstić information content (AvgIpc) is 2.96. The maximum absolute atomic E-state index is 12.8. The van der Waals surface area contributed by atoms with Crippen LogP contribution in [0.3, 0.4) is 0 Å². The normalized spacial score (nSPS) is 17.3. The number of nitrogens with one attached hydrogen (secondary N) is 2. The van der Waals surface area contributed by atoms with E-state index >= 15 is 0 Å². The van der Waals surface area contributed by atoms with Gasteiger partial charge >= 0.3 is 0 Å². The number of fused-ring (bicyclic) bond motifs is 1. The Bertz CT molecular complexity index is 623. The number of aromatic amines is 1. The van der Waals surface area contributed by atoms with Crippen molar-refractivity contribution in [2.45, 2.75) is 25.7 Å². The van der Waals surface area contributed by atoms with Crippen LogP contribution in [0.1, 0.15) is 23.4 Å². The zero-order valence-corrected chi connectivity index (χ0v) is 11.6. The highest BCUT2D eigenvalue weighted by Gasteiger charge is 2.26. The zero-order valence-electron chi connectivity index (χ0n) is 11.6. The average molecular weight is 288 g/mol. The lowest BCUT2D eigenvalue weighted by Crippen LogP contribution is -2.35. The Balaban J connectivity index is 1.48. The molecular formula is C15H17FN4O. The number of hydrogen-bond donors (Lipinski definition) is 2. The molecule has 1 atom stereocenters. The van der Waals surface area contributed by atoms with Gasteiger partial charge in [0.05, 0.1) is 11.4 Å². The molecule has 1 aliphatic rings. The quantitative estimate of drug-likeness (QED) is 0.893. The molecular weight excluding hydrogens is 271 g/mol. The lowest BCUT2D eigenvalue weighted by Gasteiger charge is -2.19. The summed E-state index contributed by atoms with van der Waals surface area (Å²) in [6.07, 6.45) is 2.95. The minimum Gasteiger partial charge on any atom is -0.356 e. The molecule has 1 heterocycles. The van der Waals surface area contributed by atoms with E-state index in [1.807, 2.05) is 0 Å². The van der Waals surface area contributed by atoms with Gasteiger partial charge in [0.15, 0.2) is 0 Å². The summed E-state index contributed by atoms with van der Waals surface area (Å²) in [4.78, 5) is 12.1. The van der Waals surface area contributed by atoms with Gasteiger partial charge in [-0.3, -0.25) is 4.79 Å². The maximum atomic E-state index is 12.8. The van der Waals surface area contributed by atoms with Crippen molar-refractivity contribution in [1.29, 1.82) is 0 Å². The number of amides is 1. The van der Waals surface area contributed by atoms with E-state index in [9.17, 15) is 9.18 Å². The van der Waals surface area contributed by atoms with E-state index in [1.54, 1.807) is 12.1 Å². The first-order chi connectivity index (χ1) is 10.2. The Labute approximate surface area is 121 Å². The van der Waals surface area contributed by atoms with E-state index < -0.39 is 0 Å². The topological polar surface area (TPSA) is 70.7 Å². The lowest BCUT2D eigenvalue weighted by atomic mass is 9.89. The molecule has 5 nitrogen and oxygen atoms in total. The smallest absolute Gasteiger partial charge is 0.223 e. The highest BCUT2D eigenvalue weighted by molar-refractivity contribution is 5.79. The van der Waals surface area contributed by atoms with Crippen molar-refractivity contribution in [2.75, 3.05) is 6.54 Å². The fourth-order valence-corrected chi connectivity index (χ4v) is 2.63. The number of carbonyl (C=O) groups is 1. The minimum atomic E-state index is -0.242. The van der Waals surface area contributed by atoms with Gasteiger partial charge in [0.25, 0.3) is 0 Å². The molecule has 2 aromatic rings. The molecule has 0 bridgehead atoms. The molecule has 21 heavy (non-hydrogen) atoms. The second-order valence-electron chi connectivity index (χ2n) is 5.32. The van der Waals surface area contributed by atoms with Crippen LogP contribution in [0.15, 0.2) is 24.3 Å². The maximum Gasteiger partial charge on any atom is 0.223 e. The van der Waals surface area contributed by atoms with E-state index in [1.165, 1.54) is 12.1 Å². The van der Waals surface area contributed by atoms with Crippen molar-refractivity contribution in [2.24, 2.45) is 5.92 Å². The predicted molar refractivity (Wildman–Crippen MR) is 75.0 cm³/mol. The Morgan fingerprint density at radius 2 is 2.05 bits per heavy atom. The van der Waals surface area contributed by atoms with E-state index in [4.69, 9.17) is 0 Å². The van der Waals surface area contributed by atoms with Crippen molar-refractivity contribution < 1.29 is 9.18 Å². The number of aromatic nitrogens is 3. The monoisotopic (exact) mass is 288 g/mol. The summed E-state index contributed by atoms with van der Waals surface area (Å²) in [6.45, 7) is 0.562. The Kier molecular flexibility index (Phi) is 3.94. The summed E-state index contributed by atoms with van der Waals surface area (Å²) < 4.78 is 12.8. The fourth-order valence-electron chi connectivity index (χ4n) is 2.63. The molecule has 1 aromatic heterocycles. The Hall–Kier alpha value is -2.24. The predicted octanol–water partition coefficient (Wildman–Crippen LogP) is 1.41. The number of benzene rings is 1. The van der Waals surface area contributed by atoms with Gasteiger partial charge in [0, 0.05) is 18.9 Å². The van der Waals surface area contributed by atoms with E-state index in [2.05, 4.69) is 20.7 Å². The molecule has 2 N–H and O–H groups in total. The van der Waals surface area contributed by atoms with E-state index in [0.717, 1.165) is 29.8 Å². The van der Waals surface area contributed by atoms with E-state index in [0.29, 0.717) is 19.4 Å². The lowest BCUT2D eigenvalue weighted by molar-refractivity contribution is -0.125. The first-order valence-corrected chi connectivity index (χ1v) is 7.13. The van der Waals surface area contributed by atoms with Crippen molar-refractivity contribution >= 4 is 5.91 Å². The van der Waals surface area contributed by atoms with Crippen LogP contribution in [-0.4, -0.2) is 27.9 Å². The first-order valence-electron chi connectivity index (χ1n) is 7.13. The molecule has 1 unspecified atom stereocenters. The summed E-state index contributed by atoms with van der Waals surface area (Å²) >= 11 is 0. The van der Waals surface area contributed by atoms with Crippen molar-refractivity contribution in [3.8, 4) is 0 Å². The number of rotatable bonds is 4. The number of H-pyrrole nitrogens is 1. The number of hydrogen-bond acceptors (Lipinski definition) is 3. The highest BCUT2D eigenvalue weighted by atomic mass is 19.1. The van der Waals surface area contributed by atoms with Crippen LogP contribution in [0.2, 0.25) is 0 Å². The largest absolute Gasteiger partial charge is 0.356 e. The molecule has 0 radical (unpaired) electrons. The van der Waals surface area contributed by atoms with Crippen LogP contribution in [0.5, 0.6) is 0 Å². The third-order valence-corrected chi connectivity index (χ3v) is 3.87. The zero-order chi connectivity index (χ0) is 14.7. The van der Waals surface area contributed by atoms with E-state index in [-0.39, 0.29) is 17.6 Å². The van der Waals surface area contributed by atoms with Crippen molar-refractivity contribution in [3.05, 3.63) is 47.0 Å². The van der Waals surface area contributed by atoms with Crippen LogP contribution >= 0.6 is 0 Å². The summed E-state index contributed by atoms with van der Waals surface area (Å²) in [5.41, 5.74) is 2.89. The molecule has 0 saturated carbocycles. The van der Waals surface area contributed by atoms with Gasteiger partial charge < -0.3 is 5.32 Å². The van der Waals surface area contributed by atoms with Crippen LogP contribution in [0.4, 0.5) is 4.39 Å². The van der Waals surface area contributed by atoms with Gasteiger partial charge in [-0.25, -0.2) is 4.39 Å².